The van der Waals surface area contributed by atoms with E-state index in [9.17, 15) is 9.59 Å². The van der Waals surface area contributed by atoms with E-state index in [1.54, 1.807) is 30.5 Å². The molecule has 0 saturated heterocycles. The van der Waals surface area contributed by atoms with E-state index in [0.29, 0.717) is 21.9 Å². The maximum atomic E-state index is 13.1. The van der Waals surface area contributed by atoms with Gasteiger partial charge in [-0.05, 0) is 42.8 Å². The van der Waals surface area contributed by atoms with Gasteiger partial charge in [-0.15, -0.1) is 0 Å². The lowest BCUT2D eigenvalue weighted by Gasteiger charge is -2.12. The predicted molar refractivity (Wildman–Crippen MR) is 116 cm³/mol. The smallest absolute Gasteiger partial charge is 0.267 e. The first-order valence-electron chi connectivity index (χ1n) is 9.04. The average molecular weight is 402 g/mol. The lowest BCUT2D eigenvalue weighted by atomic mass is 10.2. The topological polar surface area (TPSA) is 76.9 Å². The summed E-state index contributed by atoms with van der Waals surface area (Å²) in [5.74, 6) is 0.419. The number of carbonyl (C=O) groups is 1. The second-order valence-corrected chi connectivity index (χ2v) is 7.39. The summed E-state index contributed by atoms with van der Waals surface area (Å²) in [4.78, 5) is 34.5. The second kappa shape index (κ2) is 8.28. The Hall–Kier alpha value is -3.45. The number of aryl methyl sites for hydroxylation is 1. The van der Waals surface area contributed by atoms with Gasteiger partial charge in [-0.25, -0.2) is 14.5 Å². The van der Waals surface area contributed by atoms with E-state index >= 15 is 0 Å². The molecule has 2 aromatic heterocycles. The third-order valence-electron chi connectivity index (χ3n) is 4.26. The van der Waals surface area contributed by atoms with Crippen molar-refractivity contribution in [3.05, 3.63) is 88.8 Å². The summed E-state index contributed by atoms with van der Waals surface area (Å²) in [6, 6.07) is 20.1. The Bertz CT molecular complexity index is 1220. The van der Waals surface area contributed by atoms with Gasteiger partial charge in [-0.1, -0.05) is 48.2 Å². The molecule has 0 radical (unpaired) electrons. The van der Waals surface area contributed by atoms with Crippen LogP contribution in [0.4, 0.5) is 5.69 Å². The van der Waals surface area contributed by atoms with Gasteiger partial charge in [0, 0.05) is 11.9 Å². The number of benzene rings is 2. The van der Waals surface area contributed by atoms with Gasteiger partial charge in [0.15, 0.2) is 5.16 Å². The molecule has 0 bridgehead atoms. The predicted octanol–water partition coefficient (Wildman–Crippen LogP) is 3.82. The quantitative estimate of drug-likeness (QED) is 0.406. The third kappa shape index (κ3) is 4.20. The summed E-state index contributed by atoms with van der Waals surface area (Å²) in [6.07, 6.45) is 1.70. The minimum absolute atomic E-state index is 0.117. The largest absolute Gasteiger partial charge is 0.325 e. The van der Waals surface area contributed by atoms with Crippen molar-refractivity contribution < 1.29 is 4.79 Å². The number of rotatable bonds is 5. The standard InChI is InChI=1S/C22H18N4O2S/c1-15-11-12-19(23-13-15)26-21(28)17-9-5-6-10-18(17)25-22(26)29-14-20(27)24-16-7-3-2-4-8-16/h2-13H,14H2,1H3,(H,24,27). The van der Waals surface area contributed by atoms with E-state index in [1.807, 2.05) is 49.4 Å². The Morgan fingerprint density at radius 2 is 1.79 bits per heavy atom. The first-order chi connectivity index (χ1) is 14.1. The number of anilines is 1. The number of aromatic nitrogens is 3. The molecule has 1 N–H and O–H groups in total. The Balaban J connectivity index is 1.68. The number of nitrogens with zero attached hydrogens (tertiary/aromatic N) is 3. The molecule has 0 atom stereocenters. The summed E-state index contributed by atoms with van der Waals surface area (Å²) in [5.41, 5.74) is 2.10. The van der Waals surface area contributed by atoms with Crippen molar-refractivity contribution in [2.45, 2.75) is 12.1 Å². The normalized spacial score (nSPS) is 10.8. The summed E-state index contributed by atoms with van der Waals surface area (Å²) in [7, 11) is 0. The van der Waals surface area contributed by atoms with Crippen LogP contribution in [0.25, 0.3) is 16.7 Å². The molecule has 1 amide bonds. The molecule has 7 heteroatoms. The van der Waals surface area contributed by atoms with Gasteiger partial charge in [0.25, 0.3) is 5.56 Å². The number of carbonyl (C=O) groups excluding carboxylic acids is 1. The molecule has 0 aliphatic carbocycles. The fourth-order valence-electron chi connectivity index (χ4n) is 2.85. The van der Waals surface area contributed by atoms with Gasteiger partial charge < -0.3 is 5.32 Å². The Kier molecular flexibility index (Phi) is 5.39. The van der Waals surface area contributed by atoms with Crippen LogP contribution < -0.4 is 10.9 Å². The van der Waals surface area contributed by atoms with Crippen molar-refractivity contribution in [3.8, 4) is 5.82 Å². The van der Waals surface area contributed by atoms with Crippen LogP contribution in [0, 0.1) is 6.92 Å². The van der Waals surface area contributed by atoms with Gasteiger partial charge in [-0.3, -0.25) is 9.59 Å². The molecule has 0 aliphatic rings. The number of hydrogen-bond acceptors (Lipinski definition) is 5. The first-order valence-corrected chi connectivity index (χ1v) is 10.0. The lowest BCUT2D eigenvalue weighted by molar-refractivity contribution is -0.113. The molecule has 144 valence electrons. The molecule has 0 aliphatic heterocycles. The molecular weight excluding hydrogens is 384 g/mol. The molecule has 2 heterocycles. The SMILES string of the molecule is Cc1ccc(-n2c(SCC(=O)Nc3ccccc3)nc3ccccc3c2=O)nc1. The zero-order valence-corrected chi connectivity index (χ0v) is 16.5. The maximum Gasteiger partial charge on any atom is 0.267 e. The molecule has 6 nitrogen and oxygen atoms in total. The van der Waals surface area contributed by atoms with Crippen molar-refractivity contribution in [1.29, 1.82) is 0 Å². The van der Waals surface area contributed by atoms with Crippen LogP contribution >= 0.6 is 11.8 Å². The molecule has 0 unspecified atom stereocenters. The van der Waals surface area contributed by atoms with Crippen LogP contribution in [0.5, 0.6) is 0 Å². The minimum atomic E-state index is -0.210. The van der Waals surface area contributed by atoms with Crippen molar-refractivity contribution in [3.63, 3.8) is 0 Å². The van der Waals surface area contributed by atoms with E-state index in [2.05, 4.69) is 15.3 Å². The molecular formula is C22H18N4O2S. The van der Waals surface area contributed by atoms with Crippen LogP contribution in [0.2, 0.25) is 0 Å². The van der Waals surface area contributed by atoms with Crippen LogP contribution in [0.3, 0.4) is 0 Å². The van der Waals surface area contributed by atoms with Crippen LogP contribution in [0.15, 0.2) is 82.9 Å². The first kappa shape index (κ1) is 18.9. The average Bonchev–Trinajstić information content (AvgIpc) is 2.74. The highest BCUT2D eigenvalue weighted by Gasteiger charge is 2.15. The minimum Gasteiger partial charge on any atom is -0.325 e. The second-order valence-electron chi connectivity index (χ2n) is 6.45. The molecule has 29 heavy (non-hydrogen) atoms. The van der Waals surface area contributed by atoms with Crippen LogP contribution in [-0.2, 0) is 4.79 Å². The summed E-state index contributed by atoms with van der Waals surface area (Å²) in [6.45, 7) is 1.93. The van der Waals surface area contributed by atoms with Gasteiger partial charge >= 0.3 is 0 Å². The number of fused-ring (bicyclic) bond motifs is 1. The Morgan fingerprint density at radius 3 is 2.55 bits per heavy atom. The number of nitrogens with one attached hydrogen (secondary N) is 1. The molecule has 2 aromatic carbocycles. The van der Waals surface area contributed by atoms with Crippen molar-refractivity contribution in [2.24, 2.45) is 0 Å². The van der Waals surface area contributed by atoms with E-state index in [0.717, 1.165) is 11.3 Å². The van der Waals surface area contributed by atoms with Crippen molar-refractivity contribution in [2.75, 3.05) is 11.1 Å². The molecule has 4 aromatic rings. The Morgan fingerprint density at radius 1 is 1.03 bits per heavy atom. The van der Waals surface area contributed by atoms with E-state index in [4.69, 9.17) is 0 Å². The fourth-order valence-corrected chi connectivity index (χ4v) is 3.65. The highest BCUT2D eigenvalue weighted by Crippen LogP contribution is 2.21. The third-order valence-corrected chi connectivity index (χ3v) is 5.20. The molecule has 0 saturated carbocycles. The number of para-hydroxylation sites is 2. The van der Waals surface area contributed by atoms with E-state index in [-0.39, 0.29) is 17.2 Å². The summed E-state index contributed by atoms with van der Waals surface area (Å²) in [5, 5.41) is 3.77. The molecule has 0 spiro atoms. The van der Waals surface area contributed by atoms with E-state index in [1.165, 1.54) is 16.3 Å². The molecule has 0 fully saturated rings. The lowest BCUT2D eigenvalue weighted by Crippen LogP contribution is -2.23. The van der Waals surface area contributed by atoms with Crippen molar-refractivity contribution in [1.82, 2.24) is 14.5 Å². The van der Waals surface area contributed by atoms with Gasteiger partial charge in [0.1, 0.15) is 5.82 Å². The summed E-state index contributed by atoms with van der Waals surface area (Å²) < 4.78 is 1.46. The number of amides is 1. The highest BCUT2D eigenvalue weighted by molar-refractivity contribution is 7.99. The maximum absolute atomic E-state index is 13.1. The van der Waals surface area contributed by atoms with Gasteiger partial charge in [0.05, 0.1) is 16.7 Å². The van der Waals surface area contributed by atoms with Crippen LogP contribution in [-0.4, -0.2) is 26.2 Å². The fraction of sp³-hybridized carbons (Fsp3) is 0.0909. The van der Waals surface area contributed by atoms with Gasteiger partial charge in [0.2, 0.25) is 5.91 Å². The Labute approximate surface area is 171 Å². The zero-order chi connectivity index (χ0) is 20.2. The summed E-state index contributed by atoms with van der Waals surface area (Å²) >= 11 is 1.20. The van der Waals surface area contributed by atoms with E-state index < -0.39 is 0 Å². The zero-order valence-electron chi connectivity index (χ0n) is 15.7. The molecule has 4 rings (SSSR count). The monoisotopic (exact) mass is 402 g/mol. The number of thioether (sulfide) groups is 1. The van der Waals surface area contributed by atoms with Crippen LogP contribution in [0.1, 0.15) is 5.56 Å². The highest BCUT2D eigenvalue weighted by atomic mass is 32.2. The number of pyridine rings is 1. The van der Waals surface area contributed by atoms with Crippen molar-refractivity contribution >= 4 is 34.3 Å². The van der Waals surface area contributed by atoms with Gasteiger partial charge in [-0.2, -0.15) is 0 Å². The number of hydrogen-bond donors (Lipinski definition) is 1.